The van der Waals surface area contributed by atoms with Crippen molar-refractivity contribution in [2.45, 2.75) is 25.8 Å². The summed E-state index contributed by atoms with van der Waals surface area (Å²) in [5.41, 5.74) is 2.77. The number of hydrogen-bond donors (Lipinski definition) is 2. The van der Waals surface area contributed by atoms with Crippen LogP contribution in [-0.2, 0) is 17.8 Å². The number of amides is 1. The van der Waals surface area contributed by atoms with Gasteiger partial charge in [0.2, 0.25) is 0 Å². The number of aryl methyl sites for hydroxylation is 1. The molecule has 1 aliphatic heterocycles. The maximum atomic E-state index is 12.0. The Morgan fingerprint density at radius 3 is 3.05 bits per heavy atom. The molecule has 1 amide bonds. The molecule has 0 radical (unpaired) electrons. The molecule has 1 aromatic carbocycles. The van der Waals surface area contributed by atoms with Crippen LogP contribution < -0.4 is 5.32 Å². The van der Waals surface area contributed by atoms with Gasteiger partial charge in [-0.15, -0.1) is 0 Å². The molecule has 0 unspecified atom stereocenters. The summed E-state index contributed by atoms with van der Waals surface area (Å²) in [4.78, 5) is 22.6. The number of aromatic nitrogens is 1. The van der Waals surface area contributed by atoms with Crippen LogP contribution in [0.5, 0.6) is 0 Å². The lowest BCUT2D eigenvalue weighted by atomic mass is 10.1. The normalized spacial score (nSPS) is 14.1. The van der Waals surface area contributed by atoms with Crippen molar-refractivity contribution in [2.24, 2.45) is 0 Å². The first kappa shape index (κ1) is 12.7. The monoisotopic (exact) mass is 272 g/mol. The van der Waals surface area contributed by atoms with Crippen LogP contribution in [0.4, 0.5) is 0 Å². The number of carboxylic acids is 1. The minimum absolute atomic E-state index is 0.0375. The third kappa shape index (κ3) is 2.15. The second kappa shape index (κ2) is 5.00. The minimum Gasteiger partial charge on any atom is -0.481 e. The number of nitrogens with zero attached hydrogens (tertiary/aromatic N) is 1. The fourth-order valence-electron chi connectivity index (χ4n) is 2.82. The summed E-state index contributed by atoms with van der Waals surface area (Å²) in [6.07, 6.45) is 1.50. The molecule has 2 aromatic rings. The largest absolute Gasteiger partial charge is 0.481 e. The van der Waals surface area contributed by atoms with Crippen LogP contribution in [0.3, 0.4) is 0 Å². The van der Waals surface area contributed by atoms with Gasteiger partial charge in [0.05, 0.1) is 11.1 Å². The third-order valence-electron chi connectivity index (χ3n) is 3.70. The molecule has 5 nitrogen and oxygen atoms in total. The van der Waals surface area contributed by atoms with Crippen LogP contribution in [0.2, 0.25) is 0 Å². The number of benzene rings is 1. The number of aliphatic carboxylic acids is 1. The van der Waals surface area contributed by atoms with Crippen molar-refractivity contribution in [2.75, 3.05) is 6.54 Å². The van der Waals surface area contributed by atoms with E-state index in [4.69, 9.17) is 5.11 Å². The maximum Gasteiger partial charge on any atom is 0.303 e. The van der Waals surface area contributed by atoms with Crippen molar-refractivity contribution in [3.8, 4) is 0 Å². The van der Waals surface area contributed by atoms with Crippen molar-refractivity contribution in [3.05, 3.63) is 35.5 Å². The Hall–Kier alpha value is -2.30. The summed E-state index contributed by atoms with van der Waals surface area (Å²) in [5.74, 6) is -0.806. The van der Waals surface area contributed by atoms with E-state index >= 15 is 0 Å². The van der Waals surface area contributed by atoms with Crippen LogP contribution in [0.25, 0.3) is 10.9 Å². The number of hydrogen-bond acceptors (Lipinski definition) is 2. The highest BCUT2D eigenvalue weighted by Crippen LogP contribution is 2.26. The van der Waals surface area contributed by atoms with E-state index < -0.39 is 5.97 Å². The number of carbonyl (C=O) groups is 2. The van der Waals surface area contributed by atoms with E-state index in [9.17, 15) is 9.59 Å². The minimum atomic E-state index is -0.769. The van der Waals surface area contributed by atoms with Crippen molar-refractivity contribution in [1.82, 2.24) is 9.88 Å². The van der Waals surface area contributed by atoms with Gasteiger partial charge in [-0.2, -0.15) is 0 Å². The van der Waals surface area contributed by atoms with Gasteiger partial charge in [0.25, 0.3) is 5.91 Å². The van der Waals surface area contributed by atoms with Crippen LogP contribution >= 0.6 is 0 Å². The molecule has 0 saturated carbocycles. The lowest BCUT2D eigenvalue weighted by Gasteiger charge is -2.08. The van der Waals surface area contributed by atoms with Gasteiger partial charge in [0.1, 0.15) is 0 Å². The summed E-state index contributed by atoms with van der Waals surface area (Å²) in [6.45, 7) is 1.33. The molecular formula is C15H16N2O3. The smallest absolute Gasteiger partial charge is 0.303 e. The Morgan fingerprint density at radius 1 is 1.40 bits per heavy atom. The predicted octanol–water partition coefficient (Wildman–Crippen LogP) is 1.79. The summed E-state index contributed by atoms with van der Waals surface area (Å²) in [5, 5.41) is 12.7. The van der Waals surface area contributed by atoms with Crippen molar-refractivity contribution < 1.29 is 14.7 Å². The molecule has 0 aliphatic carbocycles. The lowest BCUT2D eigenvalue weighted by Crippen LogP contribution is -2.24. The average molecular weight is 272 g/mol. The van der Waals surface area contributed by atoms with Crippen LogP contribution in [0.1, 0.15) is 28.9 Å². The Labute approximate surface area is 116 Å². The van der Waals surface area contributed by atoms with Gasteiger partial charge in [-0.3, -0.25) is 9.59 Å². The highest BCUT2D eigenvalue weighted by atomic mass is 16.4. The molecule has 0 fully saturated rings. The number of para-hydroxylation sites is 1. The molecule has 2 heterocycles. The van der Waals surface area contributed by atoms with E-state index in [0.717, 1.165) is 23.1 Å². The van der Waals surface area contributed by atoms with E-state index in [0.29, 0.717) is 24.9 Å². The predicted molar refractivity (Wildman–Crippen MR) is 74.8 cm³/mol. The fourth-order valence-corrected chi connectivity index (χ4v) is 2.82. The molecule has 20 heavy (non-hydrogen) atoms. The molecular weight excluding hydrogens is 256 g/mol. The molecule has 5 heteroatoms. The number of carboxylic acid groups (broad SMARTS) is 1. The van der Waals surface area contributed by atoms with Gasteiger partial charge in [0, 0.05) is 30.6 Å². The average Bonchev–Trinajstić information content (AvgIpc) is 2.66. The van der Waals surface area contributed by atoms with Crippen LogP contribution in [0, 0.1) is 0 Å². The van der Waals surface area contributed by atoms with Crippen LogP contribution in [0.15, 0.2) is 24.3 Å². The van der Waals surface area contributed by atoms with E-state index in [1.807, 2.05) is 18.2 Å². The Balaban J connectivity index is 2.01. The van der Waals surface area contributed by atoms with Gasteiger partial charge in [-0.05, 0) is 25.0 Å². The highest BCUT2D eigenvalue weighted by Gasteiger charge is 2.19. The standard InChI is InChI=1S/C15H16N2O3/c18-13(19)6-2-4-11-9-10-3-1-5-12-14(10)17(11)8-7-16-15(12)20/h1,3,5,9H,2,4,6-8H2,(H,16,20)(H,18,19). The van der Waals surface area contributed by atoms with Gasteiger partial charge in [-0.25, -0.2) is 0 Å². The Bertz CT molecular complexity index is 688. The van der Waals surface area contributed by atoms with Crippen molar-refractivity contribution in [1.29, 1.82) is 0 Å². The van der Waals surface area contributed by atoms with Crippen molar-refractivity contribution >= 4 is 22.8 Å². The second-order valence-electron chi connectivity index (χ2n) is 5.03. The number of carbonyl (C=O) groups excluding carboxylic acids is 1. The van der Waals surface area contributed by atoms with Gasteiger partial charge < -0.3 is 15.0 Å². The molecule has 0 atom stereocenters. The quantitative estimate of drug-likeness (QED) is 0.891. The fraction of sp³-hybridized carbons (Fsp3) is 0.333. The first-order chi connectivity index (χ1) is 9.66. The second-order valence-corrected chi connectivity index (χ2v) is 5.03. The third-order valence-corrected chi connectivity index (χ3v) is 3.70. The summed E-state index contributed by atoms with van der Waals surface area (Å²) < 4.78 is 2.14. The Kier molecular flexibility index (Phi) is 3.18. The molecule has 0 saturated heterocycles. The van der Waals surface area contributed by atoms with Gasteiger partial charge in [0.15, 0.2) is 0 Å². The molecule has 1 aliphatic rings. The molecule has 0 bridgehead atoms. The zero-order chi connectivity index (χ0) is 14.1. The topological polar surface area (TPSA) is 71.3 Å². The van der Waals surface area contributed by atoms with E-state index in [1.54, 1.807) is 0 Å². The molecule has 0 spiro atoms. The van der Waals surface area contributed by atoms with E-state index in [1.165, 1.54) is 0 Å². The lowest BCUT2D eigenvalue weighted by molar-refractivity contribution is -0.137. The van der Waals surface area contributed by atoms with E-state index in [-0.39, 0.29) is 12.3 Å². The van der Waals surface area contributed by atoms with Gasteiger partial charge >= 0.3 is 5.97 Å². The van der Waals surface area contributed by atoms with Gasteiger partial charge in [-0.1, -0.05) is 12.1 Å². The molecule has 2 N–H and O–H groups in total. The first-order valence-corrected chi connectivity index (χ1v) is 6.78. The summed E-state index contributed by atoms with van der Waals surface area (Å²) >= 11 is 0. The zero-order valence-corrected chi connectivity index (χ0v) is 11.1. The first-order valence-electron chi connectivity index (χ1n) is 6.78. The molecule has 3 rings (SSSR count). The molecule has 1 aromatic heterocycles. The highest BCUT2D eigenvalue weighted by molar-refractivity contribution is 6.06. The number of rotatable bonds is 4. The summed E-state index contributed by atoms with van der Waals surface area (Å²) in [7, 11) is 0. The SMILES string of the molecule is O=C(O)CCCc1cc2cccc3c2n1CCNC3=O. The summed E-state index contributed by atoms with van der Waals surface area (Å²) in [6, 6.07) is 7.78. The number of nitrogens with one attached hydrogen (secondary N) is 1. The molecule has 104 valence electrons. The zero-order valence-electron chi connectivity index (χ0n) is 11.1. The van der Waals surface area contributed by atoms with Crippen LogP contribution in [-0.4, -0.2) is 28.1 Å². The maximum absolute atomic E-state index is 12.0. The Morgan fingerprint density at radius 2 is 2.25 bits per heavy atom. The van der Waals surface area contributed by atoms with Crippen molar-refractivity contribution in [3.63, 3.8) is 0 Å². The van der Waals surface area contributed by atoms with E-state index in [2.05, 4.69) is 16.0 Å².